The molecule has 2 atom stereocenters. The highest BCUT2D eigenvalue weighted by Crippen LogP contribution is 1.98. The molecule has 1 aliphatic rings. The molecular weight excluding hydrogens is 138 g/mol. The summed E-state index contributed by atoms with van der Waals surface area (Å²) in [7, 11) is 0. The van der Waals surface area contributed by atoms with Crippen molar-refractivity contribution in [3.8, 4) is 6.07 Å². The molecule has 0 bridgehead atoms. The number of nitrogens with zero attached hydrogens (tertiary/aromatic N) is 1. The van der Waals surface area contributed by atoms with Crippen molar-refractivity contribution in [2.45, 2.75) is 19.4 Å². The molecule has 0 amide bonds. The van der Waals surface area contributed by atoms with Crippen molar-refractivity contribution in [2.75, 3.05) is 19.6 Å². The molecule has 2 N–H and O–H groups in total. The van der Waals surface area contributed by atoms with Gasteiger partial charge in [0.25, 0.3) is 0 Å². The summed E-state index contributed by atoms with van der Waals surface area (Å²) in [6, 6.07) is 2.79. The van der Waals surface area contributed by atoms with Crippen LogP contribution in [0.2, 0.25) is 0 Å². The lowest BCUT2D eigenvalue weighted by Gasteiger charge is -2.11. The fourth-order valence-corrected chi connectivity index (χ4v) is 1.22. The highest BCUT2D eigenvalue weighted by atomic mass is 15.0. The molecule has 0 aromatic carbocycles. The van der Waals surface area contributed by atoms with Crippen molar-refractivity contribution in [1.82, 2.24) is 10.6 Å². The van der Waals surface area contributed by atoms with Crippen LogP contribution in [-0.2, 0) is 0 Å². The molecule has 11 heavy (non-hydrogen) atoms. The summed E-state index contributed by atoms with van der Waals surface area (Å²) >= 11 is 0. The molecule has 0 spiro atoms. The fourth-order valence-electron chi connectivity index (χ4n) is 1.22. The Labute approximate surface area is 67.8 Å². The van der Waals surface area contributed by atoms with Crippen LogP contribution in [0.4, 0.5) is 0 Å². The minimum Gasteiger partial charge on any atom is -0.315 e. The molecule has 62 valence electrons. The zero-order valence-corrected chi connectivity index (χ0v) is 6.93. The molecule has 1 rings (SSSR count). The maximum absolute atomic E-state index is 8.50. The van der Waals surface area contributed by atoms with E-state index >= 15 is 0 Å². The molecule has 0 aromatic rings. The first kappa shape index (κ1) is 8.51. The van der Waals surface area contributed by atoms with E-state index in [1.165, 1.54) is 6.42 Å². The van der Waals surface area contributed by atoms with E-state index in [0.717, 1.165) is 19.6 Å². The quantitative estimate of drug-likeness (QED) is 0.604. The summed E-state index contributed by atoms with van der Waals surface area (Å²) in [5, 5.41) is 15.1. The van der Waals surface area contributed by atoms with Gasteiger partial charge < -0.3 is 10.6 Å². The van der Waals surface area contributed by atoms with Gasteiger partial charge in [-0.3, -0.25) is 0 Å². The van der Waals surface area contributed by atoms with Gasteiger partial charge in [0.05, 0.1) is 12.0 Å². The van der Waals surface area contributed by atoms with Crippen molar-refractivity contribution in [3.63, 3.8) is 0 Å². The van der Waals surface area contributed by atoms with Crippen LogP contribution in [0.25, 0.3) is 0 Å². The van der Waals surface area contributed by atoms with E-state index in [0.29, 0.717) is 6.04 Å². The summed E-state index contributed by atoms with van der Waals surface area (Å²) in [6.07, 6.45) is 1.19. The summed E-state index contributed by atoms with van der Waals surface area (Å²) in [4.78, 5) is 0. The zero-order chi connectivity index (χ0) is 8.10. The van der Waals surface area contributed by atoms with E-state index in [9.17, 15) is 0 Å². The number of hydrogen-bond donors (Lipinski definition) is 2. The van der Waals surface area contributed by atoms with Crippen LogP contribution in [0.1, 0.15) is 13.3 Å². The standard InChI is InChI=1S/C8H15N3/c1-7(4-9)5-11-8-2-3-10-6-8/h7-8,10-11H,2-3,5-6H2,1H3. The van der Waals surface area contributed by atoms with Gasteiger partial charge in [-0.1, -0.05) is 0 Å². The van der Waals surface area contributed by atoms with Gasteiger partial charge >= 0.3 is 0 Å². The third-order valence-corrected chi connectivity index (χ3v) is 1.99. The van der Waals surface area contributed by atoms with E-state index in [2.05, 4.69) is 16.7 Å². The highest BCUT2D eigenvalue weighted by molar-refractivity contribution is 4.84. The van der Waals surface area contributed by atoms with Gasteiger partial charge in [-0.25, -0.2) is 0 Å². The maximum Gasteiger partial charge on any atom is 0.0666 e. The number of nitrogens with one attached hydrogen (secondary N) is 2. The minimum atomic E-state index is 0.135. The molecular formula is C8H15N3. The summed E-state index contributed by atoms with van der Waals surface area (Å²) < 4.78 is 0. The third kappa shape index (κ3) is 2.87. The molecule has 0 aliphatic carbocycles. The first-order valence-corrected chi connectivity index (χ1v) is 4.16. The molecule has 1 saturated heterocycles. The molecule has 2 unspecified atom stereocenters. The average Bonchev–Trinajstić information content (AvgIpc) is 2.52. The normalized spacial score (nSPS) is 26.4. The van der Waals surface area contributed by atoms with Gasteiger partial charge in [-0.2, -0.15) is 5.26 Å². The van der Waals surface area contributed by atoms with Crippen molar-refractivity contribution in [1.29, 1.82) is 5.26 Å². The lowest BCUT2D eigenvalue weighted by Crippen LogP contribution is -2.33. The minimum absolute atomic E-state index is 0.135. The highest BCUT2D eigenvalue weighted by Gasteiger charge is 2.13. The van der Waals surface area contributed by atoms with E-state index < -0.39 is 0 Å². The predicted octanol–water partition coefficient (Wildman–Crippen LogP) is 0.0976. The van der Waals surface area contributed by atoms with E-state index in [-0.39, 0.29) is 5.92 Å². The Hall–Kier alpha value is -0.590. The summed E-state index contributed by atoms with van der Waals surface area (Å²) in [5.41, 5.74) is 0. The molecule has 3 nitrogen and oxygen atoms in total. The van der Waals surface area contributed by atoms with Crippen LogP contribution in [-0.4, -0.2) is 25.7 Å². The van der Waals surface area contributed by atoms with Crippen LogP contribution < -0.4 is 10.6 Å². The predicted molar refractivity (Wildman–Crippen MR) is 44.1 cm³/mol. The Morgan fingerprint density at radius 1 is 1.82 bits per heavy atom. The molecule has 1 aliphatic heterocycles. The van der Waals surface area contributed by atoms with Gasteiger partial charge in [0, 0.05) is 19.1 Å². The smallest absolute Gasteiger partial charge is 0.0666 e. The maximum atomic E-state index is 8.50. The molecule has 1 fully saturated rings. The first-order chi connectivity index (χ1) is 5.33. The lowest BCUT2D eigenvalue weighted by atomic mass is 10.2. The van der Waals surface area contributed by atoms with Crippen molar-refractivity contribution in [3.05, 3.63) is 0 Å². The average molecular weight is 153 g/mol. The largest absolute Gasteiger partial charge is 0.315 e. The number of nitriles is 1. The van der Waals surface area contributed by atoms with Crippen LogP contribution in [0.5, 0.6) is 0 Å². The van der Waals surface area contributed by atoms with E-state index in [1.54, 1.807) is 0 Å². The van der Waals surface area contributed by atoms with E-state index in [1.807, 2.05) is 6.92 Å². The van der Waals surface area contributed by atoms with Crippen LogP contribution in [0, 0.1) is 17.2 Å². The van der Waals surface area contributed by atoms with Crippen LogP contribution >= 0.6 is 0 Å². The second kappa shape index (κ2) is 4.32. The molecule has 1 heterocycles. The van der Waals surface area contributed by atoms with E-state index in [4.69, 9.17) is 5.26 Å². The Bertz CT molecular complexity index is 144. The van der Waals surface area contributed by atoms with Crippen molar-refractivity contribution < 1.29 is 0 Å². The SMILES string of the molecule is CC(C#N)CNC1CCNC1. The molecule has 0 radical (unpaired) electrons. The van der Waals surface area contributed by atoms with Crippen LogP contribution in [0.15, 0.2) is 0 Å². The lowest BCUT2D eigenvalue weighted by molar-refractivity contribution is 0.510. The summed E-state index contributed by atoms with van der Waals surface area (Å²) in [5.74, 6) is 0.135. The third-order valence-electron chi connectivity index (χ3n) is 1.99. The first-order valence-electron chi connectivity index (χ1n) is 4.16. The molecule has 0 saturated carbocycles. The Balaban J connectivity index is 2.07. The number of rotatable bonds is 3. The molecule has 0 aromatic heterocycles. The summed E-state index contributed by atoms with van der Waals surface area (Å²) in [6.45, 7) is 4.93. The fraction of sp³-hybridized carbons (Fsp3) is 0.875. The Kier molecular flexibility index (Phi) is 3.34. The van der Waals surface area contributed by atoms with Crippen molar-refractivity contribution >= 4 is 0 Å². The Morgan fingerprint density at radius 2 is 2.64 bits per heavy atom. The van der Waals surface area contributed by atoms with Gasteiger partial charge in [-0.15, -0.1) is 0 Å². The second-order valence-electron chi connectivity index (χ2n) is 3.13. The topological polar surface area (TPSA) is 47.9 Å². The molecule has 3 heteroatoms. The zero-order valence-electron chi connectivity index (χ0n) is 6.93. The van der Waals surface area contributed by atoms with Gasteiger partial charge in [0.15, 0.2) is 0 Å². The van der Waals surface area contributed by atoms with Crippen LogP contribution in [0.3, 0.4) is 0 Å². The van der Waals surface area contributed by atoms with Gasteiger partial charge in [0.1, 0.15) is 0 Å². The number of hydrogen-bond acceptors (Lipinski definition) is 3. The second-order valence-corrected chi connectivity index (χ2v) is 3.13. The Morgan fingerprint density at radius 3 is 3.18 bits per heavy atom. The monoisotopic (exact) mass is 153 g/mol. The van der Waals surface area contributed by atoms with Crippen molar-refractivity contribution in [2.24, 2.45) is 5.92 Å². The van der Waals surface area contributed by atoms with Gasteiger partial charge in [-0.05, 0) is 19.9 Å². The van der Waals surface area contributed by atoms with Gasteiger partial charge in [0.2, 0.25) is 0 Å².